The first-order valence-corrected chi connectivity index (χ1v) is 24.1. The maximum atomic E-state index is 14.3. The van der Waals surface area contributed by atoms with Gasteiger partial charge in [-0.3, -0.25) is 24.5 Å². The van der Waals surface area contributed by atoms with E-state index in [0.717, 1.165) is 11.1 Å². The first-order chi connectivity index (χ1) is 30.6. The standard InChI is InChI=1S/C44H59ClN4O14S2/c1-24-11-10-12-32(59-9)44(57)23-31(60-42(56)46-44)26(3)40-43(5,62-40)33(22-37(53)48(7)29-20-28(19-24)21-30(58-8)39(29)45)61-41(55)27(4)47(6)34(50)17-18-64-65-25(2)13-16-38(54)63-49-35(51)14-15-36(49)52/h10-12,20-21,25-27,31-33,40,57H,13-19,22-23H2,1-9H3,(H,46,56)/b12-10?,24-11-/t25?,26-,27+,31+,32-,33+,40+,43+,44+/m1/s1. The van der Waals surface area contributed by atoms with Crippen molar-refractivity contribution in [3.63, 3.8) is 0 Å². The van der Waals surface area contributed by atoms with E-state index < -0.39 is 83.5 Å². The molecule has 4 aliphatic heterocycles. The number of allylic oxidation sites excluding steroid dienone is 3. The number of likely N-dealkylation sites (N-methyl/N-ethyl adjacent to an activating group) is 1. The molecule has 0 aliphatic carbocycles. The lowest BCUT2D eigenvalue weighted by molar-refractivity contribution is -0.197. The van der Waals surface area contributed by atoms with Gasteiger partial charge in [0.25, 0.3) is 11.8 Å². The molecule has 1 aromatic carbocycles. The van der Waals surface area contributed by atoms with Crippen molar-refractivity contribution < 1.29 is 67.2 Å². The number of carbonyl (C=O) groups is 7. The zero-order chi connectivity index (χ0) is 48.0. The number of epoxide rings is 1. The second-order valence-corrected chi connectivity index (χ2v) is 20.3. The molecule has 3 saturated heterocycles. The van der Waals surface area contributed by atoms with Crippen LogP contribution < -0.4 is 15.0 Å². The van der Waals surface area contributed by atoms with Crippen molar-refractivity contribution in [2.45, 2.75) is 133 Å². The van der Waals surface area contributed by atoms with Crippen molar-refractivity contribution >= 4 is 80.5 Å². The number of esters is 1. The predicted molar refractivity (Wildman–Crippen MR) is 241 cm³/mol. The Balaban J connectivity index is 1.29. The Morgan fingerprint density at radius 2 is 1.78 bits per heavy atom. The Morgan fingerprint density at radius 3 is 2.45 bits per heavy atom. The molecule has 0 aromatic heterocycles. The largest absolute Gasteiger partial charge is 0.495 e. The maximum Gasteiger partial charge on any atom is 0.409 e. The number of fused-ring (bicyclic) bond motifs is 5. The summed E-state index contributed by atoms with van der Waals surface area (Å²) in [5.41, 5.74) is -1.10. The molecule has 5 amide bonds. The van der Waals surface area contributed by atoms with Crippen molar-refractivity contribution in [3.05, 3.63) is 46.5 Å². The summed E-state index contributed by atoms with van der Waals surface area (Å²) in [6, 6.07) is 2.47. The Bertz CT molecular complexity index is 2060. The average molecular weight is 968 g/mol. The molecule has 9 atom stereocenters. The van der Waals surface area contributed by atoms with Crippen molar-refractivity contribution in [3.8, 4) is 5.75 Å². The molecule has 3 fully saturated rings. The van der Waals surface area contributed by atoms with Crippen LogP contribution in [0.25, 0.3) is 0 Å². The molecule has 0 radical (unpaired) electrons. The summed E-state index contributed by atoms with van der Waals surface area (Å²) in [5.74, 6) is -3.22. The highest BCUT2D eigenvalue weighted by molar-refractivity contribution is 8.76. The van der Waals surface area contributed by atoms with Gasteiger partial charge in [0.15, 0.2) is 5.72 Å². The fourth-order valence-electron chi connectivity index (χ4n) is 7.86. The summed E-state index contributed by atoms with van der Waals surface area (Å²) in [4.78, 5) is 97.7. The van der Waals surface area contributed by atoms with E-state index in [-0.39, 0.29) is 54.7 Å². The first kappa shape index (κ1) is 51.6. The van der Waals surface area contributed by atoms with Crippen LogP contribution in [0.5, 0.6) is 5.75 Å². The lowest BCUT2D eigenvalue weighted by Gasteiger charge is -2.42. The van der Waals surface area contributed by atoms with Gasteiger partial charge in [0.1, 0.15) is 40.7 Å². The quantitative estimate of drug-likeness (QED) is 0.0818. The third-order valence-electron chi connectivity index (χ3n) is 12.1. The third kappa shape index (κ3) is 12.6. The zero-order valence-electron chi connectivity index (χ0n) is 38.1. The Morgan fingerprint density at radius 1 is 1.09 bits per heavy atom. The summed E-state index contributed by atoms with van der Waals surface area (Å²) < 4.78 is 29.3. The SMILES string of the molecule is COc1cc2cc(c1Cl)N(C)C(=O)C[C@H](OC(=O)[C@H](C)N(C)C(=O)CCSSC(C)CCC(=O)ON1C(=O)CCC1=O)[C@]1(C)O[C@H]1[C@H](C)[C@@H]1C[C@@](O)(NC(=O)O1)[C@H](OC)C=C/C=C(/C)C2. The summed E-state index contributed by atoms with van der Waals surface area (Å²) in [7, 11) is 8.79. The number of rotatable bonds is 14. The van der Waals surface area contributed by atoms with E-state index in [1.807, 2.05) is 19.9 Å². The lowest BCUT2D eigenvalue weighted by Crippen LogP contribution is -2.63. The number of aliphatic hydroxyl groups is 1. The second-order valence-electron chi connectivity index (χ2n) is 17.0. The lowest BCUT2D eigenvalue weighted by atomic mass is 9.83. The van der Waals surface area contributed by atoms with Crippen LogP contribution in [0.1, 0.15) is 85.1 Å². The molecule has 1 aromatic rings. The van der Waals surface area contributed by atoms with Crippen molar-refractivity contribution in [2.75, 3.05) is 39.0 Å². The highest BCUT2D eigenvalue weighted by Crippen LogP contribution is 2.49. The molecule has 18 nitrogen and oxygen atoms in total. The number of benzene rings is 1. The number of methoxy groups -OCH3 is 2. The van der Waals surface area contributed by atoms with Gasteiger partial charge in [0.2, 0.25) is 11.8 Å². The van der Waals surface area contributed by atoms with Crippen LogP contribution in [-0.4, -0.2) is 138 Å². The Hall–Kier alpha value is -4.34. The molecule has 0 spiro atoms. The molecule has 4 heterocycles. The van der Waals surface area contributed by atoms with E-state index in [1.54, 1.807) is 45.2 Å². The minimum absolute atomic E-state index is 0.00554. The summed E-state index contributed by atoms with van der Waals surface area (Å²) in [6.45, 7) is 8.79. The molecular weight excluding hydrogens is 908 g/mol. The van der Waals surface area contributed by atoms with Gasteiger partial charge in [-0.05, 0) is 51.3 Å². The Kier molecular flexibility index (Phi) is 17.5. The van der Waals surface area contributed by atoms with Crippen molar-refractivity contribution in [2.24, 2.45) is 5.92 Å². The van der Waals surface area contributed by atoms with Gasteiger partial charge in [-0.25, -0.2) is 14.4 Å². The van der Waals surface area contributed by atoms with E-state index in [2.05, 4.69) is 5.32 Å². The predicted octanol–water partition coefficient (Wildman–Crippen LogP) is 5.06. The van der Waals surface area contributed by atoms with Crippen LogP contribution in [0.15, 0.2) is 35.9 Å². The molecule has 0 saturated carbocycles. The first-order valence-electron chi connectivity index (χ1n) is 21.3. The molecule has 4 aliphatic rings. The van der Waals surface area contributed by atoms with Crippen LogP contribution in [-0.2, 0) is 59.0 Å². The fourth-order valence-corrected chi connectivity index (χ4v) is 10.5. The van der Waals surface area contributed by atoms with Gasteiger partial charge in [-0.1, -0.05) is 70.8 Å². The molecule has 358 valence electrons. The number of anilines is 1. The number of nitrogens with one attached hydrogen (secondary N) is 1. The average Bonchev–Trinajstić information content (AvgIpc) is 3.87. The van der Waals surface area contributed by atoms with Crippen LogP contribution in [0.2, 0.25) is 5.02 Å². The molecule has 1 unspecified atom stereocenters. The smallest absolute Gasteiger partial charge is 0.409 e. The topological polar surface area (TPSA) is 220 Å². The highest BCUT2D eigenvalue weighted by Gasteiger charge is 2.64. The normalized spacial score (nSPS) is 28.8. The summed E-state index contributed by atoms with van der Waals surface area (Å²) in [5, 5.41) is 15.0. The minimum atomic E-state index is -1.86. The van der Waals surface area contributed by atoms with Crippen molar-refractivity contribution in [1.29, 1.82) is 0 Å². The number of ether oxygens (including phenoxy) is 5. The maximum absolute atomic E-state index is 14.3. The summed E-state index contributed by atoms with van der Waals surface area (Å²) >= 11 is 6.79. The molecule has 21 heteroatoms. The zero-order valence-corrected chi connectivity index (χ0v) is 40.5. The number of halogens is 1. The number of hydrogen-bond acceptors (Lipinski definition) is 16. The third-order valence-corrected chi connectivity index (χ3v) is 15.5. The van der Waals surface area contributed by atoms with Crippen LogP contribution in [0, 0.1) is 5.92 Å². The van der Waals surface area contributed by atoms with Crippen LogP contribution >= 0.6 is 33.2 Å². The molecule has 4 bridgehead atoms. The van der Waals surface area contributed by atoms with Gasteiger partial charge in [-0.2, -0.15) is 0 Å². The summed E-state index contributed by atoms with van der Waals surface area (Å²) in [6.07, 6.45) is 1.05. The van der Waals surface area contributed by atoms with E-state index >= 15 is 0 Å². The molecule has 5 rings (SSSR count). The Labute approximate surface area is 391 Å². The fraction of sp³-hybridized carbons (Fsp3) is 0.614. The van der Waals surface area contributed by atoms with E-state index in [4.69, 9.17) is 40.1 Å². The van der Waals surface area contributed by atoms with Gasteiger partial charge < -0.3 is 43.4 Å². The molecular formula is C44H59ClN4O14S2. The number of hydrogen-bond donors (Lipinski definition) is 2. The number of carbonyl (C=O) groups excluding carboxylic acids is 7. The number of imide groups is 1. The van der Waals surface area contributed by atoms with Crippen LogP contribution in [0.3, 0.4) is 0 Å². The number of amides is 5. The second kappa shape index (κ2) is 22.0. The number of hydroxylamine groups is 2. The van der Waals surface area contributed by atoms with E-state index in [0.29, 0.717) is 35.1 Å². The highest BCUT2D eigenvalue weighted by atomic mass is 35.5. The van der Waals surface area contributed by atoms with E-state index in [9.17, 15) is 38.7 Å². The minimum Gasteiger partial charge on any atom is -0.495 e. The van der Waals surface area contributed by atoms with Crippen LogP contribution in [0.4, 0.5) is 10.5 Å². The van der Waals surface area contributed by atoms with Gasteiger partial charge in [0.05, 0.1) is 25.3 Å². The van der Waals surface area contributed by atoms with Gasteiger partial charge in [0, 0.05) is 70.2 Å². The van der Waals surface area contributed by atoms with Gasteiger partial charge in [-0.15, -0.1) is 5.06 Å². The molecule has 65 heavy (non-hydrogen) atoms. The number of alkyl carbamates (subject to hydrolysis) is 1. The molecule has 2 N–H and O–H groups in total. The number of nitrogens with zero attached hydrogens (tertiary/aromatic N) is 3. The van der Waals surface area contributed by atoms with Crippen molar-refractivity contribution in [1.82, 2.24) is 15.3 Å². The van der Waals surface area contributed by atoms with Gasteiger partial charge >= 0.3 is 18.0 Å². The van der Waals surface area contributed by atoms with E-state index in [1.165, 1.54) is 59.6 Å². The monoisotopic (exact) mass is 966 g/mol.